The van der Waals surface area contributed by atoms with E-state index < -0.39 is 0 Å². The molecule has 52 valence electrons. The Hall–Kier alpha value is -0.370. The molecule has 0 aliphatic heterocycles. The smallest absolute Gasteiger partial charge is 0.119 e. The van der Waals surface area contributed by atoms with Crippen LogP contribution in [0.1, 0.15) is 28.1 Å². The van der Waals surface area contributed by atoms with E-state index >= 15 is 0 Å². The monoisotopic (exact) mass is 120 g/mol. The molecule has 0 saturated heterocycles. The van der Waals surface area contributed by atoms with E-state index in [1.54, 1.807) is 0 Å². The summed E-state index contributed by atoms with van der Waals surface area (Å²) in [5.41, 5.74) is 0. The summed E-state index contributed by atoms with van der Waals surface area (Å²) in [6.07, 6.45) is 2.39. The molecule has 8 heavy (non-hydrogen) atoms. The van der Waals surface area contributed by atoms with E-state index in [1.807, 2.05) is 13.8 Å². The SMILES string of the molecule is CCC=O.CCCO.[HH]. The maximum absolute atomic E-state index is 9.17. The minimum atomic E-state index is 0. The fourth-order valence-electron chi connectivity index (χ4n) is 0. The van der Waals surface area contributed by atoms with E-state index in [4.69, 9.17) is 5.11 Å². The van der Waals surface area contributed by atoms with Crippen molar-refractivity contribution in [1.82, 2.24) is 0 Å². The number of hydrogen-bond acceptors (Lipinski definition) is 2. The van der Waals surface area contributed by atoms with E-state index in [0.717, 1.165) is 12.7 Å². The van der Waals surface area contributed by atoms with Crippen molar-refractivity contribution in [3.05, 3.63) is 0 Å². The van der Waals surface area contributed by atoms with Crippen molar-refractivity contribution in [1.29, 1.82) is 0 Å². The topological polar surface area (TPSA) is 37.3 Å². The molecule has 0 bridgehead atoms. The molecular weight excluding hydrogens is 104 g/mol. The van der Waals surface area contributed by atoms with Crippen LogP contribution in [0.5, 0.6) is 0 Å². The van der Waals surface area contributed by atoms with Gasteiger partial charge in [0.15, 0.2) is 0 Å². The van der Waals surface area contributed by atoms with E-state index in [1.165, 1.54) is 0 Å². The first-order valence-corrected chi connectivity index (χ1v) is 2.87. The van der Waals surface area contributed by atoms with Crippen molar-refractivity contribution < 1.29 is 11.3 Å². The van der Waals surface area contributed by atoms with Gasteiger partial charge in [0.05, 0.1) is 0 Å². The lowest BCUT2D eigenvalue weighted by Crippen LogP contribution is -1.69. The highest BCUT2D eigenvalue weighted by Crippen LogP contribution is 1.61. The molecule has 0 unspecified atom stereocenters. The van der Waals surface area contributed by atoms with Crippen LogP contribution in [0.4, 0.5) is 0 Å². The van der Waals surface area contributed by atoms with Gasteiger partial charge in [-0.3, -0.25) is 0 Å². The van der Waals surface area contributed by atoms with E-state index in [-0.39, 0.29) is 1.43 Å². The molecule has 0 radical (unpaired) electrons. The zero-order chi connectivity index (χ0) is 6.83. The lowest BCUT2D eigenvalue weighted by molar-refractivity contribution is -0.107. The van der Waals surface area contributed by atoms with Gasteiger partial charge in [-0.05, 0) is 6.42 Å². The first-order valence-electron chi connectivity index (χ1n) is 2.87. The third-order valence-electron chi connectivity index (χ3n) is 0.390. The molecule has 0 saturated carbocycles. The number of carbonyl (C=O) groups excluding carboxylic acids is 1. The van der Waals surface area contributed by atoms with Crippen LogP contribution in [0.2, 0.25) is 0 Å². The largest absolute Gasteiger partial charge is 0.396 e. The second-order valence-electron chi connectivity index (χ2n) is 1.30. The van der Waals surface area contributed by atoms with Gasteiger partial charge >= 0.3 is 0 Å². The summed E-state index contributed by atoms with van der Waals surface area (Å²) in [5.74, 6) is 0. The molecule has 0 atom stereocenters. The van der Waals surface area contributed by atoms with Gasteiger partial charge in [-0.1, -0.05) is 13.8 Å². The van der Waals surface area contributed by atoms with Gasteiger partial charge in [-0.2, -0.15) is 0 Å². The number of aliphatic hydroxyl groups is 1. The maximum atomic E-state index is 9.17. The van der Waals surface area contributed by atoms with Crippen molar-refractivity contribution in [2.24, 2.45) is 0 Å². The zero-order valence-electron chi connectivity index (χ0n) is 5.55. The van der Waals surface area contributed by atoms with E-state index in [0.29, 0.717) is 13.0 Å². The molecule has 2 heteroatoms. The minimum Gasteiger partial charge on any atom is -0.396 e. The Balaban J connectivity index is -0.0000000720. The molecule has 0 amide bonds. The Morgan fingerprint density at radius 2 is 1.88 bits per heavy atom. The van der Waals surface area contributed by atoms with Crippen LogP contribution in [0, 0.1) is 0 Å². The highest BCUT2D eigenvalue weighted by Gasteiger charge is 1.57. The van der Waals surface area contributed by atoms with Gasteiger partial charge in [-0.15, -0.1) is 0 Å². The Bertz CT molecular complexity index is 38.0. The summed E-state index contributed by atoms with van der Waals surface area (Å²) in [4.78, 5) is 9.17. The molecule has 0 aromatic rings. The first-order chi connectivity index (χ1) is 3.83. The summed E-state index contributed by atoms with van der Waals surface area (Å²) in [6.45, 7) is 4.06. The molecule has 1 N–H and O–H groups in total. The number of aldehydes is 1. The quantitative estimate of drug-likeness (QED) is 0.556. The van der Waals surface area contributed by atoms with Crippen molar-refractivity contribution >= 4 is 6.29 Å². The molecule has 0 spiro atoms. The molecule has 0 aliphatic carbocycles. The van der Waals surface area contributed by atoms with Crippen LogP contribution in [-0.4, -0.2) is 18.0 Å². The van der Waals surface area contributed by atoms with Gasteiger partial charge in [-0.25, -0.2) is 0 Å². The van der Waals surface area contributed by atoms with Crippen LogP contribution < -0.4 is 0 Å². The Morgan fingerprint density at radius 1 is 1.62 bits per heavy atom. The van der Waals surface area contributed by atoms with Gasteiger partial charge in [0.1, 0.15) is 6.29 Å². The predicted molar refractivity (Wildman–Crippen MR) is 35.8 cm³/mol. The van der Waals surface area contributed by atoms with Crippen molar-refractivity contribution in [3.8, 4) is 0 Å². The van der Waals surface area contributed by atoms with Crippen LogP contribution in [0.15, 0.2) is 0 Å². The van der Waals surface area contributed by atoms with Gasteiger partial charge in [0, 0.05) is 14.5 Å². The Labute approximate surface area is 52.0 Å². The predicted octanol–water partition coefficient (Wildman–Crippen LogP) is 1.23. The van der Waals surface area contributed by atoms with Crippen molar-refractivity contribution in [2.45, 2.75) is 26.7 Å². The molecule has 0 heterocycles. The van der Waals surface area contributed by atoms with Gasteiger partial charge in [0.2, 0.25) is 0 Å². The summed E-state index contributed by atoms with van der Waals surface area (Å²) >= 11 is 0. The van der Waals surface area contributed by atoms with Gasteiger partial charge < -0.3 is 9.90 Å². The first kappa shape index (κ1) is 10.6. The summed E-state index contributed by atoms with van der Waals surface area (Å²) in [6, 6.07) is 0. The summed E-state index contributed by atoms with van der Waals surface area (Å²) in [5, 5.41) is 7.88. The van der Waals surface area contributed by atoms with E-state index in [9.17, 15) is 4.79 Å². The third kappa shape index (κ3) is 45.4. The average molecular weight is 120 g/mol. The fraction of sp³-hybridized carbons (Fsp3) is 0.833. The highest BCUT2D eigenvalue weighted by molar-refractivity contribution is 5.48. The average Bonchev–Trinajstić information content (AvgIpc) is 1.88. The lowest BCUT2D eigenvalue weighted by Gasteiger charge is -1.69. The van der Waals surface area contributed by atoms with E-state index in [2.05, 4.69) is 0 Å². The number of hydrogen-bond donors (Lipinski definition) is 1. The van der Waals surface area contributed by atoms with Crippen LogP contribution in [0.25, 0.3) is 0 Å². The normalized spacial score (nSPS) is 6.88. The maximum Gasteiger partial charge on any atom is 0.119 e. The molecule has 0 aromatic heterocycles. The fourth-order valence-corrected chi connectivity index (χ4v) is 0. The Kier molecular flexibility index (Phi) is 21.1. The number of carbonyl (C=O) groups is 1. The summed E-state index contributed by atoms with van der Waals surface area (Å²) in [7, 11) is 0. The minimum absolute atomic E-state index is 0. The lowest BCUT2D eigenvalue weighted by atomic mass is 10.5. The van der Waals surface area contributed by atoms with Crippen molar-refractivity contribution in [3.63, 3.8) is 0 Å². The second-order valence-corrected chi connectivity index (χ2v) is 1.30. The van der Waals surface area contributed by atoms with Crippen LogP contribution in [-0.2, 0) is 4.79 Å². The zero-order valence-corrected chi connectivity index (χ0v) is 5.55. The number of aliphatic hydroxyl groups excluding tert-OH is 1. The highest BCUT2D eigenvalue weighted by atomic mass is 16.2. The molecule has 0 aromatic carbocycles. The Morgan fingerprint density at radius 3 is 1.88 bits per heavy atom. The van der Waals surface area contributed by atoms with Crippen LogP contribution >= 0.6 is 0 Å². The molecule has 0 aliphatic rings. The molecule has 0 fully saturated rings. The second kappa shape index (κ2) is 15.9. The summed E-state index contributed by atoms with van der Waals surface area (Å²) < 4.78 is 0. The van der Waals surface area contributed by atoms with Gasteiger partial charge in [0.25, 0.3) is 0 Å². The van der Waals surface area contributed by atoms with Crippen LogP contribution in [0.3, 0.4) is 0 Å². The van der Waals surface area contributed by atoms with Crippen molar-refractivity contribution in [2.75, 3.05) is 6.61 Å². The molecule has 0 rings (SSSR count). The standard InChI is InChI=1S/C3H8O.C3H6O.H2/c2*1-2-3-4;/h4H,2-3H2,1H3;3H,2H2,1H3;1H. The molecular formula is C6H16O2. The number of rotatable bonds is 2. The molecule has 2 nitrogen and oxygen atoms in total. The third-order valence-corrected chi connectivity index (χ3v) is 0.390.